The highest BCUT2D eigenvalue weighted by molar-refractivity contribution is 7.89. The largest absolute Gasteiger partial charge is 0.507 e. The number of sulfonamides is 1. The normalized spacial score (nSPS) is 11.8. The third kappa shape index (κ3) is 5.31. The molecule has 0 fully saturated rings. The van der Waals surface area contributed by atoms with E-state index in [0.717, 1.165) is 20.6 Å². The van der Waals surface area contributed by atoms with E-state index in [4.69, 9.17) is 0 Å². The zero-order chi connectivity index (χ0) is 24.0. The first-order chi connectivity index (χ1) is 16.4. The Bertz CT molecular complexity index is 1420. The van der Waals surface area contributed by atoms with Gasteiger partial charge in [0.25, 0.3) is 5.91 Å². The molecule has 0 saturated heterocycles. The van der Waals surface area contributed by atoms with E-state index in [1.165, 1.54) is 18.3 Å². The summed E-state index contributed by atoms with van der Waals surface area (Å²) in [6, 6.07) is 27.8. The molecule has 0 saturated carbocycles. The number of hydrogen-bond donors (Lipinski definition) is 2. The van der Waals surface area contributed by atoms with Crippen LogP contribution in [0.4, 0.5) is 0 Å². The number of benzene rings is 4. The molecule has 0 aliphatic rings. The van der Waals surface area contributed by atoms with Crippen molar-refractivity contribution in [2.24, 2.45) is 5.10 Å². The Morgan fingerprint density at radius 3 is 2.26 bits per heavy atom. The van der Waals surface area contributed by atoms with Gasteiger partial charge in [0.15, 0.2) is 0 Å². The first-order valence-corrected chi connectivity index (χ1v) is 12.0. The van der Waals surface area contributed by atoms with Crippen LogP contribution in [0.25, 0.3) is 10.8 Å². The number of amides is 1. The van der Waals surface area contributed by atoms with Gasteiger partial charge >= 0.3 is 0 Å². The van der Waals surface area contributed by atoms with Crippen LogP contribution in [0.15, 0.2) is 107 Å². The predicted octanol–water partition coefficient (Wildman–Crippen LogP) is 3.89. The van der Waals surface area contributed by atoms with Crippen molar-refractivity contribution in [2.45, 2.75) is 11.4 Å². The molecule has 0 aliphatic heterocycles. The summed E-state index contributed by atoms with van der Waals surface area (Å²) in [5.41, 5.74) is 3.58. The number of hydrazone groups is 1. The minimum Gasteiger partial charge on any atom is -0.507 e. The van der Waals surface area contributed by atoms with E-state index < -0.39 is 22.5 Å². The lowest BCUT2D eigenvalue weighted by molar-refractivity contribution is -0.121. The highest BCUT2D eigenvalue weighted by atomic mass is 32.2. The summed E-state index contributed by atoms with van der Waals surface area (Å²) >= 11 is 0. The number of carbonyl (C=O) groups excluding carboxylic acids is 1. The summed E-state index contributed by atoms with van der Waals surface area (Å²) in [5.74, 6) is -0.583. The van der Waals surface area contributed by atoms with Crippen LogP contribution in [-0.2, 0) is 21.4 Å². The second kappa shape index (κ2) is 10.3. The monoisotopic (exact) mass is 473 g/mol. The highest BCUT2D eigenvalue weighted by Crippen LogP contribution is 2.25. The fourth-order valence-electron chi connectivity index (χ4n) is 3.54. The Kier molecular flexibility index (Phi) is 7.01. The van der Waals surface area contributed by atoms with Gasteiger partial charge in [-0.2, -0.15) is 9.41 Å². The topological polar surface area (TPSA) is 99.1 Å². The van der Waals surface area contributed by atoms with E-state index in [1.807, 2.05) is 42.5 Å². The van der Waals surface area contributed by atoms with Crippen molar-refractivity contribution in [3.63, 3.8) is 0 Å². The van der Waals surface area contributed by atoms with Crippen molar-refractivity contribution in [3.8, 4) is 5.75 Å². The first-order valence-electron chi connectivity index (χ1n) is 10.6. The number of nitrogens with zero attached hydrogens (tertiary/aromatic N) is 2. The lowest BCUT2D eigenvalue weighted by Crippen LogP contribution is -2.39. The zero-order valence-electron chi connectivity index (χ0n) is 18.2. The number of hydrogen-bond acceptors (Lipinski definition) is 5. The van der Waals surface area contributed by atoms with E-state index in [1.54, 1.807) is 42.5 Å². The van der Waals surface area contributed by atoms with Gasteiger partial charge in [0.05, 0.1) is 17.7 Å². The van der Waals surface area contributed by atoms with Gasteiger partial charge in [0, 0.05) is 12.1 Å². The van der Waals surface area contributed by atoms with E-state index >= 15 is 0 Å². The van der Waals surface area contributed by atoms with Gasteiger partial charge in [-0.05, 0) is 34.5 Å². The van der Waals surface area contributed by atoms with Gasteiger partial charge in [0.1, 0.15) is 5.75 Å². The van der Waals surface area contributed by atoms with Crippen molar-refractivity contribution < 1.29 is 18.3 Å². The molecule has 172 valence electrons. The molecule has 0 aromatic heterocycles. The number of rotatable bonds is 8. The maximum Gasteiger partial charge on any atom is 0.255 e. The van der Waals surface area contributed by atoms with Crippen molar-refractivity contribution in [3.05, 3.63) is 108 Å². The van der Waals surface area contributed by atoms with Gasteiger partial charge in [-0.15, -0.1) is 0 Å². The van der Waals surface area contributed by atoms with Crippen LogP contribution in [0.3, 0.4) is 0 Å². The summed E-state index contributed by atoms with van der Waals surface area (Å²) < 4.78 is 27.6. The quantitative estimate of drug-likeness (QED) is 0.300. The molecule has 0 spiro atoms. The summed E-state index contributed by atoms with van der Waals surface area (Å²) in [6.07, 6.45) is 1.35. The number of fused-ring (bicyclic) bond motifs is 1. The number of nitrogens with one attached hydrogen (secondary N) is 1. The second-order valence-electron chi connectivity index (χ2n) is 7.58. The van der Waals surface area contributed by atoms with Crippen LogP contribution in [0.2, 0.25) is 0 Å². The molecule has 4 aromatic rings. The van der Waals surface area contributed by atoms with Crippen molar-refractivity contribution >= 4 is 32.9 Å². The molecular formula is C26H23N3O4S. The van der Waals surface area contributed by atoms with E-state index in [-0.39, 0.29) is 17.2 Å². The SMILES string of the molecule is O=C(CN(Cc1ccccc1)S(=O)(=O)c1ccccc1)N/N=C\c1c(O)ccc2ccccc12. The number of phenols is 1. The van der Waals surface area contributed by atoms with Gasteiger partial charge in [-0.25, -0.2) is 13.8 Å². The van der Waals surface area contributed by atoms with Crippen LogP contribution in [-0.4, -0.2) is 36.5 Å². The van der Waals surface area contributed by atoms with E-state index in [0.29, 0.717) is 5.56 Å². The van der Waals surface area contributed by atoms with Crippen molar-refractivity contribution in [1.82, 2.24) is 9.73 Å². The van der Waals surface area contributed by atoms with Gasteiger partial charge in [-0.1, -0.05) is 78.9 Å². The maximum absolute atomic E-state index is 13.2. The molecule has 4 rings (SSSR count). The second-order valence-corrected chi connectivity index (χ2v) is 9.52. The number of aromatic hydroxyl groups is 1. The fourth-order valence-corrected chi connectivity index (χ4v) is 4.94. The summed E-state index contributed by atoms with van der Waals surface area (Å²) in [5, 5.41) is 15.9. The average molecular weight is 474 g/mol. The lowest BCUT2D eigenvalue weighted by atomic mass is 10.0. The van der Waals surface area contributed by atoms with Gasteiger partial charge < -0.3 is 5.11 Å². The van der Waals surface area contributed by atoms with Crippen LogP contribution < -0.4 is 5.43 Å². The maximum atomic E-state index is 13.2. The molecule has 0 unspecified atom stereocenters. The Labute approximate surface area is 198 Å². The Balaban J connectivity index is 1.54. The smallest absolute Gasteiger partial charge is 0.255 e. The van der Waals surface area contributed by atoms with Crippen molar-refractivity contribution in [1.29, 1.82) is 0 Å². The Hall–Kier alpha value is -4.01. The molecule has 4 aromatic carbocycles. The highest BCUT2D eigenvalue weighted by Gasteiger charge is 2.26. The molecule has 7 nitrogen and oxygen atoms in total. The Morgan fingerprint density at radius 1 is 0.882 bits per heavy atom. The Morgan fingerprint density at radius 2 is 1.53 bits per heavy atom. The van der Waals surface area contributed by atoms with Crippen LogP contribution >= 0.6 is 0 Å². The molecule has 2 N–H and O–H groups in total. The molecular weight excluding hydrogens is 450 g/mol. The molecule has 34 heavy (non-hydrogen) atoms. The summed E-state index contributed by atoms with van der Waals surface area (Å²) in [6.45, 7) is -0.399. The lowest BCUT2D eigenvalue weighted by Gasteiger charge is -2.21. The zero-order valence-corrected chi connectivity index (χ0v) is 19.0. The molecule has 1 amide bonds. The number of carbonyl (C=O) groups is 1. The van der Waals surface area contributed by atoms with Crippen LogP contribution in [0.1, 0.15) is 11.1 Å². The third-order valence-electron chi connectivity index (χ3n) is 5.23. The molecule has 0 aliphatic carbocycles. The molecule has 0 radical (unpaired) electrons. The molecule has 0 bridgehead atoms. The fraction of sp³-hybridized carbons (Fsp3) is 0.0769. The van der Waals surface area contributed by atoms with Gasteiger partial charge in [0.2, 0.25) is 10.0 Å². The standard InChI is InChI=1S/C26H23N3O4S/c30-25-16-15-21-11-7-8-14-23(21)24(25)17-27-28-26(31)19-29(18-20-9-3-1-4-10-20)34(32,33)22-12-5-2-6-13-22/h1-17,30H,18-19H2,(H,28,31)/b27-17-. The average Bonchev–Trinajstić information content (AvgIpc) is 2.86. The van der Waals surface area contributed by atoms with E-state index in [2.05, 4.69) is 10.5 Å². The van der Waals surface area contributed by atoms with Crippen LogP contribution in [0.5, 0.6) is 5.75 Å². The summed E-state index contributed by atoms with van der Waals surface area (Å²) in [4.78, 5) is 12.8. The van der Waals surface area contributed by atoms with Crippen LogP contribution in [0, 0.1) is 0 Å². The molecule has 0 atom stereocenters. The van der Waals surface area contributed by atoms with E-state index in [9.17, 15) is 18.3 Å². The number of phenolic OH excluding ortho intramolecular Hbond substituents is 1. The van der Waals surface area contributed by atoms with Crippen molar-refractivity contribution in [2.75, 3.05) is 6.54 Å². The minimum absolute atomic E-state index is 0.0223. The minimum atomic E-state index is -3.93. The van der Waals surface area contributed by atoms with Gasteiger partial charge in [-0.3, -0.25) is 4.79 Å². The first kappa shape index (κ1) is 23.2. The summed E-state index contributed by atoms with van der Waals surface area (Å²) in [7, 11) is -3.93. The predicted molar refractivity (Wildman–Crippen MR) is 132 cm³/mol. The third-order valence-corrected chi connectivity index (χ3v) is 7.04. The molecule has 8 heteroatoms. The molecule has 0 heterocycles.